The number of halogens is 2. The lowest BCUT2D eigenvalue weighted by atomic mass is 10.1. The van der Waals surface area contributed by atoms with E-state index >= 15 is 0 Å². The van der Waals surface area contributed by atoms with Gasteiger partial charge in [0.2, 0.25) is 0 Å². The second-order valence-electron chi connectivity index (χ2n) is 4.69. The van der Waals surface area contributed by atoms with E-state index in [-0.39, 0.29) is 0 Å². The molecule has 0 fully saturated rings. The maximum Gasteiger partial charge on any atom is 0.126 e. The Kier molecular flexibility index (Phi) is 4.44. The summed E-state index contributed by atoms with van der Waals surface area (Å²) in [5.74, 6) is -0.698. The second-order valence-corrected chi connectivity index (χ2v) is 5.68. The van der Waals surface area contributed by atoms with Gasteiger partial charge in [0, 0.05) is 17.4 Å². The molecule has 0 amide bonds. The molecule has 0 aliphatic heterocycles. The molecule has 110 valence electrons. The van der Waals surface area contributed by atoms with Crippen LogP contribution in [0.15, 0.2) is 65.7 Å². The molecule has 0 bridgehead atoms. The lowest BCUT2D eigenvalue weighted by Gasteiger charge is -2.03. The SMILES string of the molecule is Fc1cc(F)cc(CSc2ccc(-c3ccccc3)nn2)c1. The van der Waals surface area contributed by atoms with Gasteiger partial charge in [0.15, 0.2) is 0 Å². The number of rotatable bonds is 4. The van der Waals surface area contributed by atoms with E-state index in [4.69, 9.17) is 0 Å². The standard InChI is InChI=1S/C17H12F2N2S/c18-14-8-12(9-15(19)10-14)11-22-17-7-6-16(20-21-17)13-4-2-1-3-5-13/h1-10H,11H2. The van der Waals surface area contributed by atoms with Crippen LogP contribution in [0.25, 0.3) is 11.3 Å². The average molecular weight is 314 g/mol. The Morgan fingerprint density at radius 3 is 2.18 bits per heavy atom. The van der Waals surface area contributed by atoms with E-state index in [1.165, 1.54) is 23.9 Å². The van der Waals surface area contributed by atoms with Gasteiger partial charge in [-0.15, -0.1) is 10.2 Å². The van der Waals surface area contributed by atoms with E-state index in [2.05, 4.69) is 10.2 Å². The van der Waals surface area contributed by atoms with Crippen LogP contribution >= 0.6 is 11.8 Å². The molecule has 2 nitrogen and oxygen atoms in total. The van der Waals surface area contributed by atoms with Crippen molar-refractivity contribution in [2.45, 2.75) is 10.8 Å². The number of hydrogen-bond donors (Lipinski definition) is 0. The van der Waals surface area contributed by atoms with Crippen LogP contribution in [0.1, 0.15) is 5.56 Å². The number of benzene rings is 2. The Morgan fingerprint density at radius 2 is 1.55 bits per heavy atom. The Labute approximate surface area is 131 Å². The van der Waals surface area contributed by atoms with Gasteiger partial charge in [-0.25, -0.2) is 8.78 Å². The van der Waals surface area contributed by atoms with Gasteiger partial charge in [0.25, 0.3) is 0 Å². The average Bonchev–Trinajstić information content (AvgIpc) is 2.53. The van der Waals surface area contributed by atoms with Crippen LogP contribution in [0, 0.1) is 11.6 Å². The predicted octanol–water partition coefficient (Wildman–Crippen LogP) is 4.71. The van der Waals surface area contributed by atoms with E-state index in [9.17, 15) is 8.78 Å². The van der Waals surface area contributed by atoms with Crippen molar-refractivity contribution >= 4 is 11.8 Å². The smallest absolute Gasteiger partial charge is 0.126 e. The molecule has 0 radical (unpaired) electrons. The summed E-state index contributed by atoms with van der Waals surface area (Å²) in [4.78, 5) is 0. The summed E-state index contributed by atoms with van der Waals surface area (Å²) in [5, 5.41) is 9.03. The fourth-order valence-electron chi connectivity index (χ4n) is 2.01. The minimum Gasteiger partial charge on any atom is -0.207 e. The Bertz CT molecular complexity index is 741. The molecule has 3 rings (SSSR count). The van der Waals surface area contributed by atoms with Crippen molar-refractivity contribution in [2.75, 3.05) is 0 Å². The fraction of sp³-hybridized carbons (Fsp3) is 0.0588. The van der Waals surface area contributed by atoms with Crippen LogP contribution < -0.4 is 0 Å². The topological polar surface area (TPSA) is 25.8 Å². The quantitative estimate of drug-likeness (QED) is 0.652. The normalized spacial score (nSPS) is 10.6. The Balaban J connectivity index is 1.69. The highest BCUT2D eigenvalue weighted by molar-refractivity contribution is 7.98. The first kappa shape index (κ1) is 14.7. The molecular weight excluding hydrogens is 302 g/mol. The molecule has 0 unspecified atom stereocenters. The third-order valence-electron chi connectivity index (χ3n) is 3.02. The van der Waals surface area contributed by atoms with Crippen molar-refractivity contribution in [1.29, 1.82) is 0 Å². The highest BCUT2D eigenvalue weighted by atomic mass is 32.2. The summed E-state index contributed by atoms with van der Waals surface area (Å²) in [5.41, 5.74) is 2.37. The largest absolute Gasteiger partial charge is 0.207 e. The monoisotopic (exact) mass is 314 g/mol. The number of thioether (sulfide) groups is 1. The Morgan fingerprint density at radius 1 is 0.818 bits per heavy atom. The van der Waals surface area contributed by atoms with E-state index in [0.717, 1.165) is 17.3 Å². The maximum atomic E-state index is 13.1. The van der Waals surface area contributed by atoms with Crippen LogP contribution in [0.5, 0.6) is 0 Å². The highest BCUT2D eigenvalue weighted by Gasteiger charge is 2.04. The van der Waals surface area contributed by atoms with Crippen molar-refractivity contribution in [2.24, 2.45) is 0 Å². The van der Waals surface area contributed by atoms with Gasteiger partial charge in [0.05, 0.1) is 5.69 Å². The third kappa shape index (κ3) is 3.68. The first-order chi connectivity index (χ1) is 10.7. The van der Waals surface area contributed by atoms with Gasteiger partial charge >= 0.3 is 0 Å². The lowest BCUT2D eigenvalue weighted by Crippen LogP contribution is -1.91. The molecule has 0 aliphatic rings. The van der Waals surface area contributed by atoms with E-state index in [0.29, 0.717) is 16.3 Å². The van der Waals surface area contributed by atoms with Gasteiger partial charge in [-0.05, 0) is 29.8 Å². The first-order valence-electron chi connectivity index (χ1n) is 6.67. The van der Waals surface area contributed by atoms with E-state index < -0.39 is 11.6 Å². The van der Waals surface area contributed by atoms with Crippen LogP contribution in [0.2, 0.25) is 0 Å². The van der Waals surface area contributed by atoms with Crippen molar-refractivity contribution in [3.63, 3.8) is 0 Å². The minimum atomic E-state index is -0.568. The summed E-state index contributed by atoms with van der Waals surface area (Å²) in [7, 11) is 0. The zero-order valence-corrected chi connectivity index (χ0v) is 12.4. The molecule has 0 N–H and O–H groups in total. The number of nitrogens with zero attached hydrogens (tertiary/aromatic N) is 2. The van der Waals surface area contributed by atoms with Gasteiger partial charge in [-0.1, -0.05) is 42.1 Å². The first-order valence-corrected chi connectivity index (χ1v) is 7.66. The summed E-state index contributed by atoms with van der Waals surface area (Å²) in [6.45, 7) is 0. The molecule has 1 heterocycles. The molecule has 22 heavy (non-hydrogen) atoms. The molecule has 5 heteroatoms. The number of hydrogen-bond acceptors (Lipinski definition) is 3. The lowest BCUT2D eigenvalue weighted by molar-refractivity contribution is 0.581. The highest BCUT2D eigenvalue weighted by Crippen LogP contribution is 2.23. The zero-order chi connectivity index (χ0) is 15.4. The van der Waals surface area contributed by atoms with Crippen molar-refractivity contribution in [3.05, 3.63) is 77.9 Å². The van der Waals surface area contributed by atoms with Gasteiger partial charge in [-0.3, -0.25) is 0 Å². The minimum absolute atomic E-state index is 0.439. The van der Waals surface area contributed by atoms with Crippen molar-refractivity contribution in [3.8, 4) is 11.3 Å². The molecule has 0 saturated heterocycles. The summed E-state index contributed by atoms with van der Waals surface area (Å²) in [6, 6.07) is 17.0. The van der Waals surface area contributed by atoms with E-state index in [1.807, 2.05) is 42.5 Å². The summed E-state index contributed by atoms with van der Waals surface area (Å²) < 4.78 is 26.2. The Hall–Kier alpha value is -2.27. The summed E-state index contributed by atoms with van der Waals surface area (Å²) in [6.07, 6.45) is 0. The van der Waals surface area contributed by atoms with Crippen LogP contribution in [0.4, 0.5) is 8.78 Å². The molecule has 0 atom stereocenters. The molecular formula is C17H12F2N2S. The van der Waals surface area contributed by atoms with Crippen LogP contribution in [-0.4, -0.2) is 10.2 Å². The zero-order valence-electron chi connectivity index (χ0n) is 11.5. The fourth-order valence-corrected chi connectivity index (χ4v) is 2.76. The van der Waals surface area contributed by atoms with Gasteiger partial charge in [0.1, 0.15) is 16.7 Å². The third-order valence-corrected chi connectivity index (χ3v) is 4.01. The van der Waals surface area contributed by atoms with Gasteiger partial charge in [-0.2, -0.15) is 0 Å². The molecule has 0 aliphatic carbocycles. The molecule has 3 aromatic rings. The maximum absolute atomic E-state index is 13.1. The molecule has 1 aromatic heterocycles. The van der Waals surface area contributed by atoms with Crippen molar-refractivity contribution in [1.82, 2.24) is 10.2 Å². The van der Waals surface area contributed by atoms with Crippen LogP contribution in [-0.2, 0) is 5.75 Å². The number of aromatic nitrogens is 2. The van der Waals surface area contributed by atoms with Gasteiger partial charge < -0.3 is 0 Å². The molecule has 0 saturated carbocycles. The van der Waals surface area contributed by atoms with Crippen molar-refractivity contribution < 1.29 is 8.78 Å². The molecule has 2 aromatic carbocycles. The summed E-state index contributed by atoms with van der Waals surface area (Å²) >= 11 is 1.39. The molecule has 0 spiro atoms. The second kappa shape index (κ2) is 6.66. The van der Waals surface area contributed by atoms with E-state index in [1.54, 1.807) is 0 Å². The van der Waals surface area contributed by atoms with Crippen LogP contribution in [0.3, 0.4) is 0 Å². The predicted molar refractivity (Wildman–Crippen MR) is 83.4 cm³/mol.